The zero-order valence-corrected chi connectivity index (χ0v) is 16.9. The fourth-order valence-corrected chi connectivity index (χ4v) is 4.69. The van der Waals surface area contributed by atoms with E-state index >= 15 is 0 Å². The minimum atomic E-state index is -0.644. The van der Waals surface area contributed by atoms with Gasteiger partial charge in [-0.2, -0.15) is 5.26 Å². The molecule has 1 amide bonds. The number of hydrogen-bond donors (Lipinski definition) is 2. The lowest BCUT2D eigenvalue weighted by Crippen LogP contribution is -2.46. The average Bonchev–Trinajstić information content (AvgIpc) is 3.39. The number of carbonyl (C=O) groups is 1. The van der Waals surface area contributed by atoms with Crippen LogP contribution in [0.1, 0.15) is 50.5 Å². The summed E-state index contributed by atoms with van der Waals surface area (Å²) in [5, 5.41) is 10.3. The van der Waals surface area contributed by atoms with Crippen LogP contribution < -0.4 is 10.5 Å². The number of likely N-dealkylation sites (tertiary alicyclic amines) is 1. The number of benzene rings is 1. The fraction of sp³-hybridized carbons (Fsp3) is 0.565. The Hall–Kier alpha value is -2.52. The molecule has 0 bridgehead atoms. The Balaban J connectivity index is 1.43. The zero-order valence-electron chi connectivity index (χ0n) is 16.9. The molecule has 1 aliphatic carbocycles. The molecule has 6 nitrogen and oxygen atoms in total. The number of nitrogens with two attached hydrogens (primary N) is 1. The number of aromatic nitrogens is 1. The molecule has 29 heavy (non-hydrogen) atoms. The number of hydrogen-bond acceptors (Lipinski definition) is 4. The summed E-state index contributed by atoms with van der Waals surface area (Å²) in [6, 6.07) is 7.30. The maximum atomic E-state index is 12.7. The quantitative estimate of drug-likeness (QED) is 0.784. The van der Waals surface area contributed by atoms with Crippen molar-refractivity contribution in [2.45, 2.75) is 63.5 Å². The molecule has 0 spiro atoms. The smallest absolute Gasteiger partial charge is 0.240 e. The van der Waals surface area contributed by atoms with Crippen LogP contribution in [0, 0.1) is 17.2 Å². The molecule has 2 aliphatic rings. The van der Waals surface area contributed by atoms with Crippen molar-refractivity contribution in [3.63, 3.8) is 0 Å². The summed E-state index contributed by atoms with van der Waals surface area (Å²) in [7, 11) is 0. The molecular formula is C23H30N4O2. The molecule has 1 saturated heterocycles. The van der Waals surface area contributed by atoms with Gasteiger partial charge in [0.05, 0.1) is 18.7 Å². The highest BCUT2D eigenvalue weighted by molar-refractivity contribution is 5.87. The number of aromatic amines is 1. The van der Waals surface area contributed by atoms with Crippen molar-refractivity contribution in [1.29, 1.82) is 5.26 Å². The Morgan fingerprint density at radius 3 is 2.90 bits per heavy atom. The number of fused-ring (bicyclic) bond motifs is 1. The number of ether oxygens (including phenoxy) is 1. The van der Waals surface area contributed by atoms with Crippen LogP contribution in [0.3, 0.4) is 0 Å². The van der Waals surface area contributed by atoms with Crippen molar-refractivity contribution in [2.75, 3.05) is 13.2 Å². The number of amides is 1. The van der Waals surface area contributed by atoms with E-state index in [2.05, 4.69) is 17.1 Å². The van der Waals surface area contributed by atoms with Crippen molar-refractivity contribution in [3.05, 3.63) is 30.0 Å². The second-order valence-corrected chi connectivity index (χ2v) is 8.47. The number of nitriles is 1. The van der Waals surface area contributed by atoms with E-state index in [-0.39, 0.29) is 11.9 Å². The summed E-state index contributed by atoms with van der Waals surface area (Å²) in [5.74, 6) is 1.39. The number of nitrogens with one attached hydrogen (secondary N) is 1. The Kier molecular flexibility index (Phi) is 6.05. The Labute approximate surface area is 172 Å². The van der Waals surface area contributed by atoms with E-state index in [9.17, 15) is 10.1 Å². The van der Waals surface area contributed by atoms with Gasteiger partial charge < -0.3 is 20.4 Å². The van der Waals surface area contributed by atoms with Crippen LogP contribution in [0.2, 0.25) is 0 Å². The van der Waals surface area contributed by atoms with E-state index in [0.717, 1.165) is 41.7 Å². The summed E-state index contributed by atoms with van der Waals surface area (Å²) >= 11 is 0. The van der Waals surface area contributed by atoms with Crippen molar-refractivity contribution >= 4 is 16.8 Å². The molecule has 0 unspecified atom stereocenters. The van der Waals surface area contributed by atoms with Gasteiger partial charge in [0.1, 0.15) is 11.8 Å². The lowest BCUT2D eigenvalue weighted by molar-refractivity contribution is -0.132. The van der Waals surface area contributed by atoms with Crippen molar-refractivity contribution in [3.8, 4) is 11.8 Å². The minimum absolute atomic E-state index is 0.131. The van der Waals surface area contributed by atoms with Crippen molar-refractivity contribution < 1.29 is 9.53 Å². The largest absolute Gasteiger partial charge is 0.493 e. The lowest BCUT2D eigenvalue weighted by atomic mass is 9.90. The van der Waals surface area contributed by atoms with Crippen molar-refractivity contribution in [1.82, 2.24) is 9.88 Å². The molecule has 4 rings (SSSR count). The van der Waals surface area contributed by atoms with E-state index in [4.69, 9.17) is 10.5 Å². The van der Waals surface area contributed by atoms with E-state index in [0.29, 0.717) is 18.9 Å². The highest BCUT2D eigenvalue weighted by Crippen LogP contribution is 2.28. The maximum Gasteiger partial charge on any atom is 0.240 e. The first kappa shape index (κ1) is 19.8. The highest BCUT2D eigenvalue weighted by atomic mass is 16.5. The lowest BCUT2D eigenvalue weighted by Gasteiger charge is -2.23. The highest BCUT2D eigenvalue weighted by Gasteiger charge is 2.31. The van der Waals surface area contributed by atoms with E-state index < -0.39 is 6.04 Å². The van der Waals surface area contributed by atoms with Gasteiger partial charge in [-0.1, -0.05) is 19.3 Å². The predicted molar refractivity (Wildman–Crippen MR) is 112 cm³/mol. The number of rotatable bonds is 6. The van der Waals surface area contributed by atoms with Gasteiger partial charge in [-0.3, -0.25) is 4.79 Å². The molecular weight excluding hydrogens is 364 g/mol. The zero-order chi connectivity index (χ0) is 20.2. The van der Waals surface area contributed by atoms with Gasteiger partial charge in [0.25, 0.3) is 0 Å². The molecule has 2 aromatic rings. The summed E-state index contributed by atoms with van der Waals surface area (Å²) in [5.41, 5.74) is 8.27. The first-order chi connectivity index (χ1) is 14.2. The molecule has 2 atom stereocenters. The number of nitrogens with zero attached hydrogens (tertiary/aromatic N) is 2. The van der Waals surface area contributed by atoms with Gasteiger partial charge in [-0.05, 0) is 61.8 Å². The van der Waals surface area contributed by atoms with Gasteiger partial charge in [-0.15, -0.1) is 0 Å². The third-order valence-electron chi connectivity index (χ3n) is 6.39. The van der Waals surface area contributed by atoms with Crippen LogP contribution in [0.25, 0.3) is 10.9 Å². The Bertz CT molecular complexity index is 894. The van der Waals surface area contributed by atoms with Crippen LogP contribution in [-0.4, -0.2) is 41.0 Å². The van der Waals surface area contributed by atoms with Crippen LogP contribution >= 0.6 is 0 Å². The fourth-order valence-electron chi connectivity index (χ4n) is 4.69. The van der Waals surface area contributed by atoms with Crippen LogP contribution in [-0.2, 0) is 11.2 Å². The molecule has 6 heteroatoms. The molecule has 1 aromatic heterocycles. The molecule has 154 valence electrons. The summed E-state index contributed by atoms with van der Waals surface area (Å²) in [4.78, 5) is 17.6. The first-order valence-corrected chi connectivity index (χ1v) is 10.8. The van der Waals surface area contributed by atoms with E-state index in [1.165, 1.54) is 32.1 Å². The van der Waals surface area contributed by atoms with Crippen LogP contribution in [0.4, 0.5) is 0 Å². The molecule has 3 N–H and O–H groups in total. The summed E-state index contributed by atoms with van der Waals surface area (Å²) < 4.78 is 6.08. The second kappa shape index (κ2) is 8.87. The topological polar surface area (TPSA) is 95.1 Å². The van der Waals surface area contributed by atoms with Crippen LogP contribution in [0.5, 0.6) is 5.75 Å². The predicted octanol–water partition coefficient (Wildman–Crippen LogP) is 3.51. The molecule has 1 aliphatic heterocycles. The monoisotopic (exact) mass is 394 g/mol. The third kappa shape index (κ3) is 4.40. The number of H-pyrrole nitrogens is 1. The summed E-state index contributed by atoms with van der Waals surface area (Å²) in [6.45, 7) is 1.39. The van der Waals surface area contributed by atoms with Gasteiger partial charge in [0.15, 0.2) is 0 Å². The maximum absolute atomic E-state index is 12.7. The molecule has 2 fully saturated rings. The third-order valence-corrected chi connectivity index (χ3v) is 6.39. The van der Waals surface area contributed by atoms with Crippen molar-refractivity contribution in [2.24, 2.45) is 11.7 Å². The van der Waals surface area contributed by atoms with Gasteiger partial charge in [0, 0.05) is 23.6 Å². The average molecular weight is 395 g/mol. The standard InChI is InChI=1S/C23H30N4O2/c24-13-18-7-4-10-27(18)23(28)21(25)11-17-14-26-22-9-8-19(12-20(17)22)29-15-16-5-2-1-3-6-16/h8-9,12,14,16,18,21,26H,1-7,10-11,15,25H2/t18-,21+/m0/s1. The SMILES string of the molecule is N#C[C@@H]1CCCN1C(=O)[C@H](N)Cc1c[nH]c2ccc(OCC3CCCCC3)cc12. The molecule has 1 aromatic carbocycles. The van der Waals surface area contributed by atoms with E-state index in [1.807, 2.05) is 18.3 Å². The molecule has 0 radical (unpaired) electrons. The summed E-state index contributed by atoms with van der Waals surface area (Å²) in [6.07, 6.45) is 10.5. The first-order valence-electron chi connectivity index (χ1n) is 10.8. The normalized spacial score (nSPS) is 21.2. The molecule has 2 heterocycles. The Morgan fingerprint density at radius 2 is 2.10 bits per heavy atom. The van der Waals surface area contributed by atoms with E-state index in [1.54, 1.807) is 4.90 Å². The second-order valence-electron chi connectivity index (χ2n) is 8.47. The van der Waals surface area contributed by atoms with Crippen LogP contribution in [0.15, 0.2) is 24.4 Å². The van der Waals surface area contributed by atoms with Gasteiger partial charge in [-0.25, -0.2) is 0 Å². The van der Waals surface area contributed by atoms with Gasteiger partial charge in [0.2, 0.25) is 5.91 Å². The minimum Gasteiger partial charge on any atom is -0.493 e. The van der Waals surface area contributed by atoms with Gasteiger partial charge >= 0.3 is 0 Å². The molecule has 1 saturated carbocycles. The Morgan fingerprint density at radius 1 is 1.28 bits per heavy atom. The number of carbonyl (C=O) groups excluding carboxylic acids is 1.